The summed E-state index contributed by atoms with van der Waals surface area (Å²) in [5.74, 6) is 1.37. The highest BCUT2D eigenvalue weighted by molar-refractivity contribution is 9.10. The van der Waals surface area contributed by atoms with Gasteiger partial charge in [0.25, 0.3) is 5.56 Å². The fraction of sp³-hybridized carbons (Fsp3) is 0.192. The molecule has 0 N–H and O–H groups in total. The van der Waals surface area contributed by atoms with Gasteiger partial charge in [-0.3, -0.25) is 4.79 Å². The Labute approximate surface area is 231 Å². The number of aryl methyl sites for hydroxylation is 1. The third-order valence-electron chi connectivity index (χ3n) is 5.32. The van der Waals surface area contributed by atoms with E-state index >= 15 is 0 Å². The highest BCUT2D eigenvalue weighted by atomic mass is 79.9. The number of halogens is 4. The van der Waals surface area contributed by atoms with Crippen LogP contribution in [-0.2, 0) is 13.0 Å². The lowest BCUT2D eigenvalue weighted by molar-refractivity contribution is 0.284. The van der Waals surface area contributed by atoms with Gasteiger partial charge in [0.15, 0.2) is 11.5 Å². The van der Waals surface area contributed by atoms with Gasteiger partial charge in [0.1, 0.15) is 12.4 Å². The molecule has 0 aliphatic carbocycles. The first-order chi connectivity index (χ1) is 17.3. The minimum Gasteiger partial charge on any atom is -0.493 e. The number of fused-ring (bicyclic) bond motifs is 1. The third-order valence-corrected chi connectivity index (χ3v) is 6.62. The zero-order valence-corrected chi connectivity index (χ0v) is 23.2. The van der Waals surface area contributed by atoms with Crippen molar-refractivity contribution in [1.82, 2.24) is 9.66 Å². The van der Waals surface area contributed by atoms with Crippen molar-refractivity contribution in [3.63, 3.8) is 0 Å². The van der Waals surface area contributed by atoms with Crippen LogP contribution >= 0.6 is 50.7 Å². The SMILES string of the molecule is CCCc1nc2ccc(Br)cc2c(=O)n1N=Cc1cc(Cl)cc(OC)c1OCc1ccc(Cl)cc1Cl. The van der Waals surface area contributed by atoms with Crippen LogP contribution in [0.2, 0.25) is 15.1 Å². The number of nitrogens with zero attached hydrogens (tertiary/aromatic N) is 3. The van der Waals surface area contributed by atoms with E-state index in [1.807, 2.05) is 19.1 Å². The first-order valence-electron chi connectivity index (χ1n) is 11.0. The molecule has 6 nitrogen and oxygen atoms in total. The number of benzene rings is 3. The van der Waals surface area contributed by atoms with Crippen LogP contribution in [0, 0.1) is 0 Å². The van der Waals surface area contributed by atoms with E-state index in [1.165, 1.54) is 18.0 Å². The van der Waals surface area contributed by atoms with Crippen LogP contribution in [0.4, 0.5) is 0 Å². The predicted molar refractivity (Wildman–Crippen MR) is 149 cm³/mol. The van der Waals surface area contributed by atoms with Gasteiger partial charge in [-0.1, -0.05) is 63.7 Å². The van der Waals surface area contributed by atoms with Crippen LogP contribution in [0.15, 0.2) is 62.9 Å². The summed E-state index contributed by atoms with van der Waals surface area (Å²) in [7, 11) is 1.52. The van der Waals surface area contributed by atoms with Gasteiger partial charge >= 0.3 is 0 Å². The van der Waals surface area contributed by atoms with Crippen molar-refractivity contribution in [2.45, 2.75) is 26.4 Å². The zero-order valence-electron chi connectivity index (χ0n) is 19.4. The van der Waals surface area contributed by atoms with Crippen molar-refractivity contribution >= 4 is 67.9 Å². The summed E-state index contributed by atoms with van der Waals surface area (Å²) in [6.07, 6.45) is 2.89. The van der Waals surface area contributed by atoms with E-state index in [-0.39, 0.29) is 12.2 Å². The summed E-state index contributed by atoms with van der Waals surface area (Å²) < 4.78 is 13.7. The van der Waals surface area contributed by atoms with Gasteiger partial charge in [-0.2, -0.15) is 9.78 Å². The van der Waals surface area contributed by atoms with E-state index in [0.29, 0.717) is 55.3 Å². The van der Waals surface area contributed by atoms with Gasteiger partial charge < -0.3 is 9.47 Å². The molecule has 0 radical (unpaired) electrons. The monoisotopic (exact) mass is 607 g/mol. The lowest BCUT2D eigenvalue weighted by Crippen LogP contribution is -2.22. The molecular formula is C26H21BrCl3N3O3. The number of rotatable bonds is 8. The molecule has 0 aliphatic rings. The Morgan fingerprint density at radius 2 is 1.89 bits per heavy atom. The first-order valence-corrected chi connectivity index (χ1v) is 12.9. The fourth-order valence-electron chi connectivity index (χ4n) is 3.60. The molecule has 4 rings (SSSR count). The van der Waals surface area contributed by atoms with Crippen LogP contribution in [0.3, 0.4) is 0 Å². The topological polar surface area (TPSA) is 65.7 Å². The number of ether oxygens (including phenoxy) is 2. The maximum Gasteiger partial charge on any atom is 0.282 e. The normalized spacial score (nSPS) is 11.4. The number of hydrogen-bond donors (Lipinski definition) is 0. The van der Waals surface area contributed by atoms with Gasteiger partial charge in [0, 0.05) is 43.2 Å². The summed E-state index contributed by atoms with van der Waals surface area (Å²) in [5.41, 5.74) is 1.61. The molecule has 1 heterocycles. The summed E-state index contributed by atoms with van der Waals surface area (Å²) in [5, 5.41) is 6.39. The smallest absolute Gasteiger partial charge is 0.282 e. The van der Waals surface area contributed by atoms with E-state index < -0.39 is 0 Å². The molecule has 10 heteroatoms. The van der Waals surface area contributed by atoms with E-state index in [4.69, 9.17) is 44.3 Å². The van der Waals surface area contributed by atoms with Gasteiger partial charge in [0.2, 0.25) is 0 Å². The Balaban J connectivity index is 1.78. The van der Waals surface area contributed by atoms with E-state index in [0.717, 1.165) is 16.5 Å². The standard InChI is InChI=1S/C26H21BrCl3N3O3/c1-3-4-24-32-22-8-6-17(27)10-20(22)26(34)33(24)31-13-16-9-19(29)12-23(35-2)25(16)36-14-15-5-7-18(28)11-21(15)30/h5-13H,3-4,14H2,1-2H3. The predicted octanol–water partition coefficient (Wildman–Crippen LogP) is 7.54. The molecule has 0 spiro atoms. The van der Waals surface area contributed by atoms with Crippen molar-refractivity contribution in [1.29, 1.82) is 0 Å². The average Bonchev–Trinajstić information content (AvgIpc) is 2.84. The van der Waals surface area contributed by atoms with Gasteiger partial charge in [-0.15, -0.1) is 0 Å². The molecule has 0 atom stereocenters. The van der Waals surface area contributed by atoms with Gasteiger partial charge in [-0.25, -0.2) is 4.98 Å². The fourth-order valence-corrected chi connectivity index (χ4v) is 4.64. The summed E-state index contributed by atoms with van der Waals surface area (Å²) in [4.78, 5) is 18.0. The Kier molecular flexibility index (Phi) is 8.57. The van der Waals surface area contributed by atoms with Crippen LogP contribution < -0.4 is 15.0 Å². The highest BCUT2D eigenvalue weighted by Gasteiger charge is 2.15. The van der Waals surface area contributed by atoms with E-state index in [9.17, 15) is 4.79 Å². The summed E-state index contributed by atoms with van der Waals surface area (Å²) in [6.45, 7) is 2.17. The molecule has 0 saturated carbocycles. The van der Waals surface area contributed by atoms with Crippen molar-refractivity contribution in [2.24, 2.45) is 5.10 Å². The second kappa shape index (κ2) is 11.6. The van der Waals surface area contributed by atoms with Gasteiger partial charge in [-0.05, 0) is 42.8 Å². The quantitative estimate of drug-likeness (QED) is 0.194. The number of aromatic nitrogens is 2. The second-order valence-electron chi connectivity index (χ2n) is 7.85. The van der Waals surface area contributed by atoms with Crippen molar-refractivity contribution in [3.8, 4) is 11.5 Å². The van der Waals surface area contributed by atoms with Crippen molar-refractivity contribution < 1.29 is 9.47 Å². The molecule has 4 aromatic rings. The van der Waals surface area contributed by atoms with Crippen LogP contribution in [0.5, 0.6) is 11.5 Å². The molecular weight excluding hydrogens is 589 g/mol. The van der Waals surface area contributed by atoms with Crippen molar-refractivity contribution in [2.75, 3.05) is 7.11 Å². The Hall–Kier alpha value is -2.58. The van der Waals surface area contributed by atoms with Crippen LogP contribution in [0.25, 0.3) is 10.9 Å². The largest absolute Gasteiger partial charge is 0.493 e. The third kappa shape index (κ3) is 5.86. The summed E-state index contributed by atoms with van der Waals surface area (Å²) in [6, 6.07) is 13.9. The molecule has 0 unspecified atom stereocenters. The minimum absolute atomic E-state index is 0.154. The molecule has 1 aromatic heterocycles. The van der Waals surface area contributed by atoms with Gasteiger partial charge in [0.05, 0.1) is 24.2 Å². The number of methoxy groups -OCH3 is 1. The molecule has 3 aromatic carbocycles. The van der Waals surface area contributed by atoms with E-state index in [1.54, 1.807) is 36.4 Å². The van der Waals surface area contributed by atoms with E-state index in [2.05, 4.69) is 26.0 Å². The first kappa shape index (κ1) is 26.5. The molecule has 36 heavy (non-hydrogen) atoms. The lowest BCUT2D eigenvalue weighted by atomic mass is 10.2. The molecule has 0 aliphatic heterocycles. The Morgan fingerprint density at radius 1 is 1.08 bits per heavy atom. The highest BCUT2D eigenvalue weighted by Crippen LogP contribution is 2.35. The average molecular weight is 610 g/mol. The second-order valence-corrected chi connectivity index (χ2v) is 10.0. The molecule has 0 amide bonds. The number of hydrogen-bond acceptors (Lipinski definition) is 5. The Morgan fingerprint density at radius 3 is 2.61 bits per heavy atom. The van der Waals surface area contributed by atoms with Crippen LogP contribution in [-0.4, -0.2) is 23.0 Å². The maximum absolute atomic E-state index is 13.3. The molecule has 186 valence electrons. The molecule has 0 fully saturated rings. The lowest BCUT2D eigenvalue weighted by Gasteiger charge is -2.15. The Bertz CT molecular complexity index is 1520. The maximum atomic E-state index is 13.3. The van der Waals surface area contributed by atoms with Crippen molar-refractivity contribution in [3.05, 3.63) is 95.4 Å². The van der Waals surface area contributed by atoms with Crippen LogP contribution in [0.1, 0.15) is 30.3 Å². The molecule has 0 bridgehead atoms. The summed E-state index contributed by atoms with van der Waals surface area (Å²) >= 11 is 22.1. The molecule has 0 saturated heterocycles. The zero-order chi connectivity index (χ0) is 25.8. The minimum atomic E-state index is -0.273.